The Balaban J connectivity index is 1.22. The number of rotatable bonds is 15. The topological polar surface area (TPSA) is 104 Å². The third-order valence-electron chi connectivity index (χ3n) is 5.86. The van der Waals surface area contributed by atoms with Crippen LogP contribution >= 0.6 is 11.3 Å². The van der Waals surface area contributed by atoms with Gasteiger partial charge >= 0.3 is 0 Å². The predicted molar refractivity (Wildman–Crippen MR) is 161 cm³/mol. The van der Waals surface area contributed by atoms with E-state index >= 15 is 0 Å². The molecule has 0 spiro atoms. The Morgan fingerprint density at radius 3 is 1.79 bits per heavy atom. The largest absolute Gasteiger partial charge is 0.490 e. The maximum absolute atomic E-state index is 5.97. The van der Waals surface area contributed by atoms with Crippen molar-refractivity contribution in [1.29, 1.82) is 0 Å². The lowest BCUT2D eigenvalue weighted by Gasteiger charge is -2.16. The predicted octanol–water partition coefficient (Wildman–Crippen LogP) is 3.82. The molecule has 0 saturated carbocycles. The first-order valence-electron chi connectivity index (χ1n) is 14.7. The fourth-order valence-electron chi connectivity index (χ4n) is 3.69. The number of hydrogen-bond acceptors (Lipinski definition) is 12. The van der Waals surface area contributed by atoms with Crippen molar-refractivity contribution >= 4 is 17.0 Å². The van der Waals surface area contributed by atoms with Crippen molar-refractivity contribution in [2.45, 2.75) is 13.3 Å². The van der Waals surface area contributed by atoms with Crippen LogP contribution in [0.25, 0.3) is 0 Å². The third-order valence-corrected chi connectivity index (χ3v) is 6.70. The van der Waals surface area contributed by atoms with Crippen LogP contribution in [0.2, 0.25) is 0 Å². The van der Waals surface area contributed by atoms with Gasteiger partial charge in [-0.15, -0.1) is 11.3 Å². The summed E-state index contributed by atoms with van der Waals surface area (Å²) in [6.45, 7) is 11.6. The van der Waals surface area contributed by atoms with Gasteiger partial charge in [-0.1, -0.05) is 0 Å². The van der Waals surface area contributed by atoms with Crippen LogP contribution < -0.4 is 19.5 Å². The van der Waals surface area contributed by atoms with Crippen LogP contribution in [0.3, 0.4) is 0 Å². The normalized spacial score (nSPS) is 15.9. The molecule has 11 nitrogen and oxygen atoms in total. The van der Waals surface area contributed by atoms with Crippen LogP contribution in [0.15, 0.2) is 29.0 Å². The summed E-state index contributed by atoms with van der Waals surface area (Å²) >= 11 is 1.64. The van der Waals surface area contributed by atoms with E-state index in [9.17, 15) is 0 Å². The van der Waals surface area contributed by atoms with E-state index in [2.05, 4.69) is 10.7 Å². The Morgan fingerprint density at radius 1 is 0.643 bits per heavy atom. The highest BCUT2D eigenvalue weighted by molar-refractivity contribution is 7.08. The van der Waals surface area contributed by atoms with Gasteiger partial charge in [0.1, 0.15) is 25.6 Å². The van der Waals surface area contributed by atoms with Gasteiger partial charge in [-0.3, -0.25) is 0 Å². The number of benzene rings is 1. The monoisotopic (exact) mass is 613 g/mol. The molecule has 1 aromatic heterocycles. The van der Waals surface area contributed by atoms with Crippen LogP contribution in [0.1, 0.15) is 12.0 Å². The van der Waals surface area contributed by atoms with Gasteiger partial charge in [-0.05, 0) is 30.9 Å². The highest BCUT2D eigenvalue weighted by atomic mass is 32.1. The van der Waals surface area contributed by atoms with Gasteiger partial charge < -0.3 is 52.7 Å². The van der Waals surface area contributed by atoms with Gasteiger partial charge in [0.05, 0.1) is 85.9 Å². The Bertz CT molecular complexity index is 931. The lowest BCUT2D eigenvalue weighted by atomic mass is 10.2. The Kier molecular flexibility index (Phi) is 19.1. The number of thiophene rings is 1. The first-order chi connectivity index (χ1) is 20.8. The zero-order chi connectivity index (χ0) is 29.3. The summed E-state index contributed by atoms with van der Waals surface area (Å²) in [6, 6.07) is 5.82. The Labute approximate surface area is 253 Å². The average Bonchev–Trinajstić information content (AvgIpc) is 3.41. The van der Waals surface area contributed by atoms with Gasteiger partial charge in [-0.2, -0.15) is 0 Å². The molecule has 1 N–H and O–H groups in total. The molecule has 0 radical (unpaired) electrons. The minimum absolute atomic E-state index is 0.408. The van der Waals surface area contributed by atoms with Gasteiger partial charge in [0.25, 0.3) is 0 Å². The van der Waals surface area contributed by atoms with Crippen LogP contribution in [-0.4, -0.2) is 119 Å². The van der Waals surface area contributed by atoms with E-state index in [0.717, 1.165) is 30.0 Å². The molecule has 2 heterocycles. The van der Waals surface area contributed by atoms with Gasteiger partial charge in [0.2, 0.25) is 0 Å². The third kappa shape index (κ3) is 15.9. The van der Waals surface area contributed by atoms with Crippen molar-refractivity contribution in [2.75, 3.05) is 124 Å². The molecule has 0 amide bonds. The molecule has 0 atom stereocenters. The van der Waals surface area contributed by atoms with Crippen LogP contribution in [-0.2, 0) is 33.2 Å². The number of aryl methyl sites for hydroxylation is 1. The minimum Gasteiger partial charge on any atom is -0.490 e. The molecular weight excluding hydrogens is 566 g/mol. The quantitative estimate of drug-likeness (QED) is 0.297. The average molecular weight is 614 g/mol. The number of nitrogens with one attached hydrogen (secondary N) is 1. The molecule has 42 heavy (non-hydrogen) atoms. The molecule has 0 saturated heterocycles. The first-order valence-corrected chi connectivity index (χ1v) is 15.6. The number of fused-ring (bicyclic) bond motifs is 1. The molecule has 2 aromatic rings. The molecule has 1 aromatic carbocycles. The summed E-state index contributed by atoms with van der Waals surface area (Å²) in [5.41, 5.74) is 2.10. The van der Waals surface area contributed by atoms with E-state index in [1.54, 1.807) is 11.3 Å². The second-order valence-electron chi connectivity index (χ2n) is 9.19. The Hall–Kier alpha value is -2.16. The van der Waals surface area contributed by atoms with E-state index in [1.165, 1.54) is 0 Å². The Morgan fingerprint density at radius 2 is 1.19 bits per heavy atom. The number of ether oxygens (including phenoxy) is 10. The van der Waals surface area contributed by atoms with Crippen molar-refractivity contribution in [3.63, 3.8) is 0 Å². The fraction of sp³-hybridized carbons (Fsp3) is 0.667. The molecule has 0 aliphatic carbocycles. The van der Waals surface area contributed by atoms with Crippen LogP contribution in [0.4, 0.5) is 5.69 Å². The van der Waals surface area contributed by atoms with Crippen molar-refractivity contribution in [1.82, 2.24) is 0 Å². The lowest BCUT2D eigenvalue weighted by Crippen LogP contribution is -2.16. The first kappa shape index (κ1) is 34.3. The highest BCUT2D eigenvalue weighted by Gasteiger charge is 2.08. The lowest BCUT2D eigenvalue weighted by molar-refractivity contribution is -0.00841. The molecule has 0 fully saturated rings. The van der Waals surface area contributed by atoms with E-state index in [-0.39, 0.29) is 0 Å². The summed E-state index contributed by atoms with van der Waals surface area (Å²) in [4.78, 5) is 0. The van der Waals surface area contributed by atoms with Gasteiger partial charge in [0, 0.05) is 35.8 Å². The van der Waals surface area contributed by atoms with Crippen molar-refractivity contribution < 1.29 is 47.4 Å². The number of hydrogen-bond donors (Lipinski definition) is 1. The second kappa shape index (κ2) is 23.3. The summed E-state index contributed by atoms with van der Waals surface area (Å²) in [7, 11) is 0. The molecule has 3 rings (SSSR count). The van der Waals surface area contributed by atoms with E-state index in [0.29, 0.717) is 124 Å². The van der Waals surface area contributed by atoms with Crippen LogP contribution in [0, 0.1) is 6.92 Å². The molecule has 12 heteroatoms. The smallest absolute Gasteiger partial charge is 0.163 e. The summed E-state index contributed by atoms with van der Waals surface area (Å²) in [5.74, 6) is 2.26. The van der Waals surface area contributed by atoms with Crippen molar-refractivity contribution in [3.05, 3.63) is 34.5 Å². The van der Waals surface area contributed by atoms with Gasteiger partial charge in [-0.25, -0.2) is 0 Å². The summed E-state index contributed by atoms with van der Waals surface area (Å²) < 4.78 is 56.4. The molecule has 1 aliphatic rings. The maximum atomic E-state index is 5.97. The minimum atomic E-state index is 0.408. The van der Waals surface area contributed by atoms with Crippen LogP contribution in [0.5, 0.6) is 17.2 Å². The maximum Gasteiger partial charge on any atom is 0.163 e. The summed E-state index contributed by atoms with van der Waals surface area (Å²) in [6.07, 6.45) is 0.859. The highest BCUT2D eigenvalue weighted by Crippen LogP contribution is 2.30. The number of anilines is 1. The van der Waals surface area contributed by atoms with Crippen molar-refractivity contribution in [2.24, 2.45) is 0 Å². The van der Waals surface area contributed by atoms with E-state index < -0.39 is 0 Å². The molecule has 0 unspecified atom stereocenters. The van der Waals surface area contributed by atoms with Crippen molar-refractivity contribution in [3.8, 4) is 17.2 Å². The molecule has 1 aliphatic heterocycles. The van der Waals surface area contributed by atoms with E-state index in [4.69, 9.17) is 47.4 Å². The van der Waals surface area contributed by atoms with E-state index in [1.807, 2.05) is 30.5 Å². The zero-order valence-corrected chi connectivity index (χ0v) is 25.6. The second-order valence-corrected chi connectivity index (χ2v) is 9.94. The fourth-order valence-corrected chi connectivity index (χ4v) is 4.45. The summed E-state index contributed by atoms with van der Waals surface area (Å²) in [5, 5.41) is 7.49. The molecule has 0 bridgehead atoms. The zero-order valence-electron chi connectivity index (χ0n) is 24.8. The molecular formula is C30H47NO10S. The standard InChI is InChI=1S/C30H47NO10S/c1-26-24-42-25-30(26)41-22-19-38-16-11-33-8-7-32-6-2-5-31-27-3-4-28-29(23-27)40-21-18-37-15-13-35-10-9-34-12-14-36-17-20-39-28/h3-4,23-25,31H,2,5-22H2,1H3. The SMILES string of the molecule is Cc1cscc1OCCOCCOCCOCCCNc1ccc2c(c1)OCCOCCOCCOCCOCCO2. The molecule has 238 valence electrons. The van der Waals surface area contributed by atoms with Gasteiger partial charge in [0.15, 0.2) is 11.5 Å².